The molecule has 18 heavy (non-hydrogen) atoms. The Balaban J connectivity index is 1.83. The standard InChI is InChI=1S/C16H26N2/c1-3-10-17-12-15-6-8-16(9-7-15)13-18-11-4-5-14(18)2/h6-9,14,17H,3-5,10-13H2,1-2H3. The molecule has 1 fully saturated rings. The largest absolute Gasteiger partial charge is 0.313 e. The van der Waals surface area contributed by atoms with Gasteiger partial charge < -0.3 is 5.32 Å². The lowest BCUT2D eigenvalue weighted by Gasteiger charge is -2.21. The predicted octanol–water partition coefficient (Wildman–Crippen LogP) is 3.17. The van der Waals surface area contributed by atoms with E-state index in [2.05, 4.69) is 48.3 Å². The normalized spacial score (nSPS) is 20.4. The van der Waals surface area contributed by atoms with Gasteiger partial charge in [-0.25, -0.2) is 0 Å². The number of benzene rings is 1. The van der Waals surface area contributed by atoms with Gasteiger partial charge in [-0.2, -0.15) is 0 Å². The third-order valence-electron chi connectivity index (χ3n) is 3.86. The molecule has 1 N–H and O–H groups in total. The molecule has 1 atom stereocenters. The molecule has 0 saturated carbocycles. The first-order chi connectivity index (χ1) is 8.79. The summed E-state index contributed by atoms with van der Waals surface area (Å²) < 4.78 is 0. The van der Waals surface area contributed by atoms with Crippen LogP contribution in [0.1, 0.15) is 44.2 Å². The molecule has 1 aliphatic rings. The average molecular weight is 246 g/mol. The first kappa shape index (κ1) is 13.6. The van der Waals surface area contributed by atoms with Crippen LogP contribution in [-0.4, -0.2) is 24.0 Å². The van der Waals surface area contributed by atoms with Gasteiger partial charge in [0.15, 0.2) is 0 Å². The van der Waals surface area contributed by atoms with E-state index in [0.29, 0.717) is 0 Å². The van der Waals surface area contributed by atoms with E-state index in [1.54, 1.807) is 0 Å². The molecule has 1 aromatic carbocycles. The van der Waals surface area contributed by atoms with Crippen LogP contribution in [-0.2, 0) is 13.1 Å². The molecule has 0 bridgehead atoms. The summed E-state index contributed by atoms with van der Waals surface area (Å²) in [5.74, 6) is 0. The van der Waals surface area contributed by atoms with Crippen molar-refractivity contribution in [1.29, 1.82) is 0 Å². The summed E-state index contributed by atoms with van der Waals surface area (Å²) >= 11 is 0. The predicted molar refractivity (Wildman–Crippen MR) is 77.5 cm³/mol. The lowest BCUT2D eigenvalue weighted by Crippen LogP contribution is -2.26. The van der Waals surface area contributed by atoms with Crippen molar-refractivity contribution in [3.63, 3.8) is 0 Å². The van der Waals surface area contributed by atoms with E-state index in [4.69, 9.17) is 0 Å². The van der Waals surface area contributed by atoms with Gasteiger partial charge >= 0.3 is 0 Å². The SMILES string of the molecule is CCCNCc1ccc(CN2CCCC2C)cc1. The highest BCUT2D eigenvalue weighted by Crippen LogP contribution is 2.19. The zero-order valence-corrected chi connectivity index (χ0v) is 11.8. The topological polar surface area (TPSA) is 15.3 Å². The van der Waals surface area contributed by atoms with Gasteiger partial charge in [-0.1, -0.05) is 31.2 Å². The quantitative estimate of drug-likeness (QED) is 0.776. The Morgan fingerprint density at radius 3 is 2.56 bits per heavy atom. The van der Waals surface area contributed by atoms with Crippen molar-refractivity contribution in [3.8, 4) is 0 Å². The minimum Gasteiger partial charge on any atom is -0.313 e. The first-order valence-corrected chi connectivity index (χ1v) is 7.32. The third kappa shape index (κ3) is 3.82. The number of rotatable bonds is 6. The summed E-state index contributed by atoms with van der Waals surface area (Å²) in [5.41, 5.74) is 2.84. The van der Waals surface area contributed by atoms with Gasteiger partial charge in [0.25, 0.3) is 0 Å². The Labute approximate surface area is 111 Å². The van der Waals surface area contributed by atoms with Crippen LogP contribution in [0.25, 0.3) is 0 Å². The molecular formula is C16H26N2. The van der Waals surface area contributed by atoms with Crippen molar-refractivity contribution in [2.45, 2.75) is 52.2 Å². The second kappa shape index (κ2) is 6.91. The van der Waals surface area contributed by atoms with Crippen molar-refractivity contribution in [1.82, 2.24) is 10.2 Å². The van der Waals surface area contributed by atoms with Gasteiger partial charge in [-0.15, -0.1) is 0 Å². The van der Waals surface area contributed by atoms with Crippen molar-refractivity contribution in [2.75, 3.05) is 13.1 Å². The van der Waals surface area contributed by atoms with E-state index in [-0.39, 0.29) is 0 Å². The number of hydrogen-bond donors (Lipinski definition) is 1. The van der Waals surface area contributed by atoms with Crippen LogP contribution in [0.3, 0.4) is 0 Å². The first-order valence-electron chi connectivity index (χ1n) is 7.32. The van der Waals surface area contributed by atoms with Crippen LogP contribution in [0, 0.1) is 0 Å². The average Bonchev–Trinajstić information content (AvgIpc) is 2.78. The van der Waals surface area contributed by atoms with Gasteiger partial charge in [0.05, 0.1) is 0 Å². The number of nitrogens with zero attached hydrogens (tertiary/aromatic N) is 1. The van der Waals surface area contributed by atoms with E-state index in [1.807, 2.05) is 0 Å². The van der Waals surface area contributed by atoms with Crippen LogP contribution in [0.4, 0.5) is 0 Å². The number of hydrogen-bond acceptors (Lipinski definition) is 2. The van der Waals surface area contributed by atoms with E-state index in [9.17, 15) is 0 Å². The molecular weight excluding hydrogens is 220 g/mol. The van der Waals surface area contributed by atoms with E-state index in [1.165, 1.54) is 36.9 Å². The monoisotopic (exact) mass is 246 g/mol. The summed E-state index contributed by atoms with van der Waals surface area (Å²) in [6.07, 6.45) is 3.92. The zero-order chi connectivity index (χ0) is 12.8. The molecule has 1 saturated heterocycles. The highest BCUT2D eigenvalue weighted by Gasteiger charge is 2.19. The van der Waals surface area contributed by atoms with E-state index < -0.39 is 0 Å². The van der Waals surface area contributed by atoms with Gasteiger partial charge in [0, 0.05) is 19.1 Å². The molecule has 0 aromatic heterocycles. The molecule has 1 heterocycles. The van der Waals surface area contributed by atoms with Crippen molar-refractivity contribution in [3.05, 3.63) is 35.4 Å². The zero-order valence-electron chi connectivity index (χ0n) is 11.8. The summed E-state index contributed by atoms with van der Waals surface area (Å²) in [4.78, 5) is 2.59. The Bertz CT molecular complexity index is 345. The number of likely N-dealkylation sites (tertiary alicyclic amines) is 1. The fourth-order valence-corrected chi connectivity index (χ4v) is 2.63. The third-order valence-corrected chi connectivity index (χ3v) is 3.86. The molecule has 1 unspecified atom stereocenters. The maximum absolute atomic E-state index is 3.44. The molecule has 1 aliphatic heterocycles. The highest BCUT2D eigenvalue weighted by atomic mass is 15.2. The lowest BCUT2D eigenvalue weighted by atomic mass is 10.1. The smallest absolute Gasteiger partial charge is 0.0236 e. The van der Waals surface area contributed by atoms with Crippen LogP contribution >= 0.6 is 0 Å². The van der Waals surface area contributed by atoms with Crippen LogP contribution < -0.4 is 5.32 Å². The van der Waals surface area contributed by atoms with Crippen molar-refractivity contribution >= 4 is 0 Å². The minimum atomic E-state index is 0.760. The van der Waals surface area contributed by atoms with Gasteiger partial charge in [0.2, 0.25) is 0 Å². The second-order valence-corrected chi connectivity index (χ2v) is 5.45. The summed E-state index contributed by atoms with van der Waals surface area (Å²) in [5, 5.41) is 3.44. The summed E-state index contributed by atoms with van der Waals surface area (Å²) in [7, 11) is 0. The van der Waals surface area contributed by atoms with Crippen LogP contribution in [0.2, 0.25) is 0 Å². The highest BCUT2D eigenvalue weighted by molar-refractivity contribution is 5.22. The molecule has 100 valence electrons. The molecule has 0 spiro atoms. The number of nitrogens with one attached hydrogen (secondary N) is 1. The molecule has 0 aliphatic carbocycles. The lowest BCUT2D eigenvalue weighted by molar-refractivity contribution is 0.260. The van der Waals surface area contributed by atoms with Crippen LogP contribution in [0.5, 0.6) is 0 Å². The molecule has 0 amide bonds. The Kier molecular flexibility index (Phi) is 5.21. The molecule has 2 heteroatoms. The van der Waals surface area contributed by atoms with Gasteiger partial charge in [0.1, 0.15) is 0 Å². The maximum Gasteiger partial charge on any atom is 0.0236 e. The fraction of sp³-hybridized carbons (Fsp3) is 0.625. The van der Waals surface area contributed by atoms with Crippen molar-refractivity contribution < 1.29 is 0 Å². The van der Waals surface area contributed by atoms with Gasteiger partial charge in [-0.05, 0) is 50.4 Å². The molecule has 2 nitrogen and oxygen atoms in total. The second-order valence-electron chi connectivity index (χ2n) is 5.45. The van der Waals surface area contributed by atoms with Gasteiger partial charge in [-0.3, -0.25) is 4.90 Å². The fourth-order valence-electron chi connectivity index (χ4n) is 2.63. The molecule has 1 aromatic rings. The Morgan fingerprint density at radius 2 is 1.94 bits per heavy atom. The Hall–Kier alpha value is -0.860. The van der Waals surface area contributed by atoms with E-state index in [0.717, 1.165) is 25.7 Å². The summed E-state index contributed by atoms with van der Waals surface area (Å²) in [6, 6.07) is 9.86. The van der Waals surface area contributed by atoms with Crippen molar-refractivity contribution in [2.24, 2.45) is 0 Å². The van der Waals surface area contributed by atoms with E-state index >= 15 is 0 Å². The molecule has 2 rings (SSSR count). The Morgan fingerprint density at radius 1 is 1.22 bits per heavy atom. The van der Waals surface area contributed by atoms with Crippen LogP contribution in [0.15, 0.2) is 24.3 Å². The maximum atomic E-state index is 3.44. The molecule has 0 radical (unpaired) electrons. The summed E-state index contributed by atoms with van der Waals surface area (Å²) in [6.45, 7) is 9.02. The minimum absolute atomic E-state index is 0.760.